The summed E-state index contributed by atoms with van der Waals surface area (Å²) in [5, 5.41) is 2.93. The van der Waals surface area contributed by atoms with E-state index >= 15 is 0 Å². The summed E-state index contributed by atoms with van der Waals surface area (Å²) < 4.78 is 11.8. The molecule has 26 heavy (non-hydrogen) atoms. The average Bonchev–Trinajstić information content (AvgIpc) is 3.23. The number of thiazole rings is 1. The van der Waals surface area contributed by atoms with Crippen LogP contribution in [0.15, 0.2) is 66.4 Å². The molecule has 0 aliphatic carbocycles. The van der Waals surface area contributed by atoms with Gasteiger partial charge >= 0.3 is 0 Å². The number of aromatic nitrogens is 2. The topological polar surface area (TPSA) is 44.2 Å². The van der Waals surface area contributed by atoms with E-state index in [1.807, 2.05) is 60.3 Å². The first-order valence-corrected chi connectivity index (χ1v) is 9.41. The van der Waals surface area contributed by atoms with Crippen molar-refractivity contribution in [3.8, 4) is 5.75 Å². The molecular weight excluding hydrogens is 344 g/mol. The number of nitrogens with zero attached hydrogens (tertiary/aromatic N) is 2. The van der Waals surface area contributed by atoms with Gasteiger partial charge in [-0.05, 0) is 41.8 Å². The van der Waals surface area contributed by atoms with E-state index in [0.29, 0.717) is 6.61 Å². The second kappa shape index (κ2) is 8.74. The molecule has 5 heteroatoms. The van der Waals surface area contributed by atoms with E-state index in [2.05, 4.69) is 23.0 Å². The first-order valence-electron chi connectivity index (χ1n) is 8.53. The molecule has 0 fully saturated rings. The van der Waals surface area contributed by atoms with Crippen LogP contribution in [0, 0.1) is 0 Å². The number of hydrogen-bond donors (Lipinski definition) is 0. The Morgan fingerprint density at radius 1 is 1.19 bits per heavy atom. The van der Waals surface area contributed by atoms with Crippen molar-refractivity contribution < 1.29 is 9.47 Å². The first-order chi connectivity index (χ1) is 12.8. The van der Waals surface area contributed by atoms with Gasteiger partial charge < -0.3 is 9.47 Å². The highest BCUT2D eigenvalue weighted by Gasteiger charge is 2.35. The number of benzene rings is 1. The molecule has 4 nitrogen and oxygen atoms in total. The third kappa shape index (κ3) is 4.00. The maximum absolute atomic E-state index is 5.93. The van der Waals surface area contributed by atoms with Crippen LogP contribution < -0.4 is 4.74 Å². The summed E-state index contributed by atoms with van der Waals surface area (Å²) >= 11 is 1.60. The normalized spacial score (nSPS) is 13.6. The van der Waals surface area contributed by atoms with Crippen LogP contribution in [0.3, 0.4) is 0 Å². The van der Waals surface area contributed by atoms with E-state index in [-0.39, 0.29) is 0 Å². The number of hydrogen-bond acceptors (Lipinski definition) is 5. The Morgan fingerprint density at radius 3 is 2.81 bits per heavy atom. The fourth-order valence-electron chi connectivity index (χ4n) is 2.89. The van der Waals surface area contributed by atoms with Gasteiger partial charge in [0, 0.05) is 31.1 Å². The fraction of sp³-hybridized carbons (Fsp3) is 0.238. The Morgan fingerprint density at radius 2 is 2.12 bits per heavy atom. The Hall–Kier alpha value is -2.50. The van der Waals surface area contributed by atoms with E-state index in [1.165, 1.54) is 0 Å². The van der Waals surface area contributed by atoms with Gasteiger partial charge in [0.25, 0.3) is 0 Å². The van der Waals surface area contributed by atoms with Crippen molar-refractivity contribution >= 4 is 17.4 Å². The van der Waals surface area contributed by atoms with Crippen molar-refractivity contribution in [1.29, 1.82) is 0 Å². The van der Waals surface area contributed by atoms with Gasteiger partial charge in [0.05, 0.1) is 0 Å². The molecule has 134 valence electrons. The highest BCUT2D eigenvalue weighted by Crippen LogP contribution is 2.38. The largest absolute Gasteiger partial charge is 0.490 e. The molecule has 2 heterocycles. The number of rotatable bonds is 8. The average molecular weight is 366 g/mol. The summed E-state index contributed by atoms with van der Waals surface area (Å²) in [6, 6.07) is 12.0. The standard InChI is InChI=1S/C21H22N2O2S/c1-3-21(24-2,20-23-12-14-26-20)18-9-4-10-19(15-18)25-13-6-8-17-7-5-11-22-16-17/h4-12,14-16H,3,13H2,1-2H3/b8-6+. The van der Waals surface area contributed by atoms with Gasteiger partial charge in [-0.25, -0.2) is 4.98 Å². The highest BCUT2D eigenvalue weighted by atomic mass is 32.1. The zero-order valence-electron chi connectivity index (χ0n) is 15.0. The van der Waals surface area contributed by atoms with Gasteiger partial charge in [0.2, 0.25) is 0 Å². The molecule has 3 aromatic rings. The quantitative estimate of drug-likeness (QED) is 0.567. The number of ether oxygens (including phenoxy) is 2. The highest BCUT2D eigenvalue weighted by molar-refractivity contribution is 7.09. The smallest absolute Gasteiger partial charge is 0.144 e. The van der Waals surface area contributed by atoms with Crippen molar-refractivity contribution in [1.82, 2.24) is 9.97 Å². The minimum absolute atomic E-state index is 0.488. The van der Waals surface area contributed by atoms with Crippen molar-refractivity contribution in [2.45, 2.75) is 18.9 Å². The van der Waals surface area contributed by atoms with Crippen molar-refractivity contribution in [2.75, 3.05) is 13.7 Å². The van der Waals surface area contributed by atoms with Crippen molar-refractivity contribution in [3.05, 3.63) is 82.6 Å². The van der Waals surface area contributed by atoms with Crippen molar-refractivity contribution in [2.24, 2.45) is 0 Å². The minimum Gasteiger partial charge on any atom is -0.490 e. The van der Waals surface area contributed by atoms with E-state index in [0.717, 1.165) is 28.3 Å². The molecule has 2 aromatic heterocycles. The molecule has 0 saturated carbocycles. The molecule has 0 radical (unpaired) electrons. The summed E-state index contributed by atoms with van der Waals surface area (Å²) in [6.07, 6.45) is 10.2. The third-order valence-corrected chi connectivity index (χ3v) is 5.18. The van der Waals surface area contributed by atoms with E-state index < -0.39 is 5.60 Å². The van der Waals surface area contributed by atoms with Gasteiger partial charge in [-0.2, -0.15) is 0 Å². The summed E-state index contributed by atoms with van der Waals surface area (Å²) in [6.45, 7) is 2.59. The Labute approximate surface area is 158 Å². The lowest BCUT2D eigenvalue weighted by Gasteiger charge is -2.30. The first kappa shape index (κ1) is 18.3. The molecule has 1 atom stereocenters. The molecular formula is C21H22N2O2S. The molecule has 0 saturated heterocycles. The third-order valence-electron chi connectivity index (χ3n) is 4.27. The minimum atomic E-state index is -0.543. The van der Waals surface area contributed by atoms with Crippen molar-refractivity contribution in [3.63, 3.8) is 0 Å². The number of methoxy groups -OCH3 is 1. The molecule has 1 unspecified atom stereocenters. The van der Waals surface area contributed by atoms with E-state index in [9.17, 15) is 0 Å². The maximum atomic E-state index is 5.93. The summed E-state index contributed by atoms with van der Waals surface area (Å²) in [4.78, 5) is 8.57. The van der Waals surface area contributed by atoms with Gasteiger partial charge in [-0.3, -0.25) is 4.98 Å². The zero-order chi connectivity index (χ0) is 18.2. The monoisotopic (exact) mass is 366 g/mol. The summed E-state index contributed by atoms with van der Waals surface area (Å²) in [5.41, 5.74) is 1.56. The van der Waals surface area contributed by atoms with Crippen LogP contribution in [-0.4, -0.2) is 23.7 Å². The van der Waals surface area contributed by atoms with Crippen LogP contribution in [-0.2, 0) is 10.3 Å². The van der Waals surface area contributed by atoms with Crippen LogP contribution in [0.5, 0.6) is 5.75 Å². The van der Waals surface area contributed by atoms with Crippen LogP contribution in [0.2, 0.25) is 0 Å². The lowest BCUT2D eigenvalue weighted by atomic mass is 9.91. The SMILES string of the molecule is CCC(OC)(c1cccc(OC/C=C/c2cccnc2)c1)c1nccs1. The molecule has 0 N–H and O–H groups in total. The molecule has 0 spiro atoms. The van der Waals surface area contributed by atoms with Gasteiger partial charge in [0.1, 0.15) is 23.0 Å². The molecule has 3 rings (SSSR count). The molecule has 0 aliphatic heterocycles. The van der Waals surface area contributed by atoms with Gasteiger partial charge in [0.15, 0.2) is 0 Å². The molecule has 0 aliphatic rings. The Balaban J connectivity index is 1.74. The van der Waals surface area contributed by atoms with Gasteiger partial charge in [-0.1, -0.05) is 31.2 Å². The van der Waals surface area contributed by atoms with Crippen LogP contribution in [0.4, 0.5) is 0 Å². The fourth-order valence-corrected chi connectivity index (χ4v) is 3.80. The lowest BCUT2D eigenvalue weighted by Crippen LogP contribution is -2.29. The molecule has 0 bridgehead atoms. The molecule has 0 amide bonds. The summed E-state index contributed by atoms with van der Waals surface area (Å²) in [7, 11) is 1.73. The van der Waals surface area contributed by atoms with Crippen LogP contribution in [0.1, 0.15) is 29.5 Å². The van der Waals surface area contributed by atoms with Crippen LogP contribution in [0.25, 0.3) is 6.08 Å². The predicted octanol–water partition coefficient (Wildman–Crippen LogP) is 4.93. The second-order valence-electron chi connectivity index (χ2n) is 5.75. The number of pyridine rings is 1. The van der Waals surface area contributed by atoms with E-state index in [4.69, 9.17) is 9.47 Å². The lowest BCUT2D eigenvalue weighted by molar-refractivity contribution is 0.0182. The maximum Gasteiger partial charge on any atom is 0.144 e. The predicted molar refractivity (Wildman–Crippen MR) is 105 cm³/mol. The second-order valence-corrected chi connectivity index (χ2v) is 6.64. The Kier molecular flexibility index (Phi) is 6.15. The molecule has 1 aromatic carbocycles. The zero-order valence-corrected chi connectivity index (χ0v) is 15.8. The van der Waals surface area contributed by atoms with Gasteiger partial charge in [-0.15, -0.1) is 11.3 Å². The summed E-state index contributed by atoms with van der Waals surface area (Å²) in [5.74, 6) is 0.810. The van der Waals surface area contributed by atoms with E-state index in [1.54, 1.807) is 24.6 Å². The Bertz CT molecular complexity index is 828. The van der Waals surface area contributed by atoms with Crippen LogP contribution >= 0.6 is 11.3 Å².